The van der Waals surface area contributed by atoms with Crippen LogP contribution in [0, 0.1) is 5.41 Å². The molecule has 0 bridgehead atoms. The summed E-state index contributed by atoms with van der Waals surface area (Å²) in [7, 11) is 0. The molecule has 0 fully saturated rings. The van der Waals surface area contributed by atoms with Gasteiger partial charge in [0.15, 0.2) is 0 Å². The first-order chi connectivity index (χ1) is 3.42. The molecule has 0 aromatic carbocycles. The Balaban J connectivity index is 0. The summed E-state index contributed by atoms with van der Waals surface area (Å²) in [4.78, 5) is 0. The molecule has 0 aliphatic rings. The minimum absolute atomic E-state index is 0. The average Bonchev–Trinajstić information content (AvgIpc) is 1.21. The zero-order valence-electron chi connectivity index (χ0n) is 6.86. The van der Waals surface area contributed by atoms with E-state index in [-0.39, 0.29) is 5.48 Å². The van der Waals surface area contributed by atoms with Crippen LogP contribution in [-0.4, -0.2) is 11.5 Å². The maximum atomic E-state index is 5.58. The lowest BCUT2D eigenvalue weighted by atomic mass is 9.89. The first-order valence-corrected chi connectivity index (χ1v) is 3.17. The van der Waals surface area contributed by atoms with Crippen molar-refractivity contribution in [2.75, 3.05) is 0 Å². The molecular weight excluding hydrogens is 114 g/mol. The highest BCUT2D eigenvalue weighted by Crippen LogP contribution is 2.19. The molecule has 0 aromatic heterocycles. The lowest BCUT2D eigenvalue weighted by molar-refractivity contribution is 0.349. The molecule has 0 heterocycles. The van der Waals surface area contributed by atoms with Gasteiger partial charge in [0.2, 0.25) is 0 Å². The van der Waals surface area contributed by atoms with Gasteiger partial charge in [-0.15, -0.1) is 0 Å². The van der Waals surface area contributed by atoms with E-state index in [4.69, 9.17) is 5.73 Å². The molecule has 0 radical (unpaired) electrons. The van der Waals surface area contributed by atoms with Crippen LogP contribution in [0.4, 0.5) is 0 Å². The highest BCUT2D eigenvalue weighted by atomic mass is 16.0. The van der Waals surface area contributed by atoms with Gasteiger partial charge in [-0.3, -0.25) is 0 Å². The molecule has 0 aliphatic heterocycles. The minimum Gasteiger partial charge on any atom is -0.412 e. The summed E-state index contributed by atoms with van der Waals surface area (Å²) in [5.41, 5.74) is 5.98. The Bertz CT molecular complexity index is 63.8. The van der Waals surface area contributed by atoms with Crippen molar-refractivity contribution in [2.45, 2.75) is 40.2 Å². The number of hydrogen-bond donors (Lipinski definition) is 1. The third-order valence-electron chi connectivity index (χ3n) is 0.934. The molecule has 1 atom stereocenters. The van der Waals surface area contributed by atoms with Crippen LogP contribution in [0.2, 0.25) is 0 Å². The summed E-state index contributed by atoms with van der Waals surface area (Å²) in [5, 5.41) is 0. The summed E-state index contributed by atoms with van der Waals surface area (Å²) in [6.07, 6.45) is 1.10. The molecule has 0 saturated carbocycles. The molecule has 0 rings (SSSR count). The van der Waals surface area contributed by atoms with Crippen LogP contribution in [0.3, 0.4) is 0 Å². The average molecular weight is 133 g/mol. The Morgan fingerprint density at radius 2 is 1.67 bits per heavy atom. The molecule has 1 unspecified atom stereocenters. The van der Waals surface area contributed by atoms with Crippen LogP contribution in [0.5, 0.6) is 0 Å². The van der Waals surface area contributed by atoms with Crippen LogP contribution in [0.1, 0.15) is 34.1 Å². The van der Waals surface area contributed by atoms with E-state index in [2.05, 4.69) is 20.8 Å². The summed E-state index contributed by atoms with van der Waals surface area (Å²) in [6.45, 7) is 8.66. The standard InChI is InChI=1S/C7H17N.H2O/c1-6(8)5-7(2,3)4;/h6H,5,8H2,1-4H3;1H2. The van der Waals surface area contributed by atoms with Crippen molar-refractivity contribution in [3.05, 3.63) is 0 Å². The summed E-state index contributed by atoms with van der Waals surface area (Å²) in [6, 6.07) is 0.343. The fourth-order valence-electron chi connectivity index (χ4n) is 0.966. The maximum absolute atomic E-state index is 5.58. The Kier molecular flexibility index (Phi) is 5.00. The van der Waals surface area contributed by atoms with Crippen molar-refractivity contribution >= 4 is 0 Å². The van der Waals surface area contributed by atoms with E-state index >= 15 is 0 Å². The molecule has 2 nitrogen and oxygen atoms in total. The number of nitrogens with two attached hydrogens (primary N) is 1. The van der Waals surface area contributed by atoms with Crippen molar-refractivity contribution in [1.82, 2.24) is 0 Å². The van der Waals surface area contributed by atoms with Gasteiger partial charge >= 0.3 is 0 Å². The second-order valence-electron chi connectivity index (χ2n) is 3.74. The van der Waals surface area contributed by atoms with E-state index in [1.807, 2.05) is 6.92 Å². The summed E-state index contributed by atoms with van der Waals surface area (Å²) >= 11 is 0. The Hall–Kier alpha value is -0.0800. The van der Waals surface area contributed by atoms with Gasteiger partial charge in [-0.2, -0.15) is 0 Å². The minimum atomic E-state index is 0. The molecular formula is C7H19NO. The van der Waals surface area contributed by atoms with Crippen molar-refractivity contribution in [3.63, 3.8) is 0 Å². The maximum Gasteiger partial charge on any atom is 0.00154 e. The van der Waals surface area contributed by atoms with Crippen LogP contribution in [0.15, 0.2) is 0 Å². The molecule has 9 heavy (non-hydrogen) atoms. The van der Waals surface area contributed by atoms with E-state index in [0.29, 0.717) is 11.5 Å². The van der Waals surface area contributed by atoms with Gasteiger partial charge in [0, 0.05) is 6.04 Å². The second-order valence-corrected chi connectivity index (χ2v) is 3.74. The topological polar surface area (TPSA) is 57.5 Å². The van der Waals surface area contributed by atoms with Crippen LogP contribution in [0.25, 0.3) is 0 Å². The fraction of sp³-hybridized carbons (Fsp3) is 1.00. The van der Waals surface area contributed by atoms with Gasteiger partial charge in [0.05, 0.1) is 0 Å². The quantitative estimate of drug-likeness (QED) is 0.568. The van der Waals surface area contributed by atoms with E-state index in [9.17, 15) is 0 Å². The zero-order chi connectivity index (χ0) is 6.78. The molecule has 0 amide bonds. The number of rotatable bonds is 1. The molecule has 4 N–H and O–H groups in total. The Labute approximate surface area is 57.7 Å². The highest BCUT2D eigenvalue weighted by molar-refractivity contribution is 4.66. The first kappa shape index (κ1) is 11.7. The van der Waals surface area contributed by atoms with Crippen LogP contribution < -0.4 is 5.73 Å². The normalized spacial score (nSPS) is 14.3. The molecule has 0 aliphatic carbocycles. The summed E-state index contributed by atoms with van der Waals surface area (Å²) in [5.74, 6) is 0. The smallest absolute Gasteiger partial charge is 0.00154 e. The zero-order valence-corrected chi connectivity index (χ0v) is 6.86. The van der Waals surface area contributed by atoms with E-state index < -0.39 is 0 Å². The van der Waals surface area contributed by atoms with Crippen LogP contribution in [-0.2, 0) is 0 Å². The molecule has 58 valence electrons. The Morgan fingerprint density at radius 1 is 1.33 bits per heavy atom. The molecule has 2 heteroatoms. The van der Waals surface area contributed by atoms with Gasteiger partial charge in [-0.25, -0.2) is 0 Å². The molecule has 0 saturated heterocycles. The van der Waals surface area contributed by atoms with E-state index in [1.54, 1.807) is 0 Å². The third kappa shape index (κ3) is 11.5. The van der Waals surface area contributed by atoms with Gasteiger partial charge < -0.3 is 11.2 Å². The Morgan fingerprint density at radius 3 is 1.67 bits per heavy atom. The van der Waals surface area contributed by atoms with Crippen molar-refractivity contribution in [3.8, 4) is 0 Å². The number of hydrogen-bond acceptors (Lipinski definition) is 1. The van der Waals surface area contributed by atoms with Gasteiger partial charge in [0.25, 0.3) is 0 Å². The van der Waals surface area contributed by atoms with Crippen molar-refractivity contribution < 1.29 is 5.48 Å². The molecule has 0 spiro atoms. The second kappa shape index (κ2) is 3.85. The van der Waals surface area contributed by atoms with Crippen molar-refractivity contribution in [2.24, 2.45) is 11.1 Å². The summed E-state index contributed by atoms with van der Waals surface area (Å²) < 4.78 is 0. The van der Waals surface area contributed by atoms with Crippen LogP contribution >= 0.6 is 0 Å². The lowest BCUT2D eigenvalue weighted by Crippen LogP contribution is -2.22. The third-order valence-corrected chi connectivity index (χ3v) is 0.934. The van der Waals surface area contributed by atoms with Gasteiger partial charge in [-0.1, -0.05) is 20.8 Å². The monoisotopic (exact) mass is 133 g/mol. The molecule has 0 aromatic rings. The van der Waals surface area contributed by atoms with Gasteiger partial charge in [0.1, 0.15) is 0 Å². The largest absolute Gasteiger partial charge is 0.412 e. The van der Waals surface area contributed by atoms with Crippen molar-refractivity contribution in [1.29, 1.82) is 0 Å². The van der Waals surface area contributed by atoms with Gasteiger partial charge in [-0.05, 0) is 18.8 Å². The lowest BCUT2D eigenvalue weighted by Gasteiger charge is -2.19. The van der Waals surface area contributed by atoms with E-state index in [0.717, 1.165) is 6.42 Å². The van der Waals surface area contributed by atoms with E-state index in [1.165, 1.54) is 0 Å². The predicted octanol–water partition coefficient (Wildman–Crippen LogP) is 0.945. The SMILES string of the molecule is CC(N)CC(C)(C)C.O. The fourth-order valence-corrected chi connectivity index (χ4v) is 0.966. The highest BCUT2D eigenvalue weighted by Gasteiger charge is 2.11. The predicted molar refractivity (Wildman–Crippen MR) is 41.3 cm³/mol. The first-order valence-electron chi connectivity index (χ1n) is 3.17.